The summed E-state index contributed by atoms with van der Waals surface area (Å²) >= 11 is 2.68. The van der Waals surface area contributed by atoms with E-state index in [9.17, 15) is 14.4 Å². The monoisotopic (exact) mass is 457 g/mol. The number of hydrogen-bond donors (Lipinski definition) is 1. The van der Waals surface area contributed by atoms with Gasteiger partial charge in [-0.2, -0.15) is 5.10 Å². The molecule has 0 spiro atoms. The highest BCUT2D eigenvalue weighted by molar-refractivity contribution is 8.14. The number of nitrogens with zero attached hydrogens (tertiary/aromatic N) is 4. The predicted molar refractivity (Wildman–Crippen MR) is 123 cm³/mol. The smallest absolute Gasteiger partial charge is 0.288 e. The molecule has 1 saturated heterocycles. The average molecular weight is 458 g/mol. The summed E-state index contributed by atoms with van der Waals surface area (Å²) in [6.45, 7) is 8.47. The Morgan fingerprint density at radius 3 is 2.65 bits per heavy atom. The quantitative estimate of drug-likeness (QED) is 0.605. The molecule has 1 aliphatic heterocycles. The summed E-state index contributed by atoms with van der Waals surface area (Å²) in [4.78, 5) is 44.9. The number of nitrogens with one attached hydrogen (secondary N) is 1. The van der Waals surface area contributed by atoms with Crippen LogP contribution in [0.3, 0.4) is 0 Å². The van der Waals surface area contributed by atoms with Crippen LogP contribution < -0.4 is 5.32 Å². The van der Waals surface area contributed by atoms with E-state index in [0.29, 0.717) is 16.6 Å². The summed E-state index contributed by atoms with van der Waals surface area (Å²) in [7, 11) is 0. The van der Waals surface area contributed by atoms with E-state index >= 15 is 0 Å². The van der Waals surface area contributed by atoms with Gasteiger partial charge in [0.05, 0.1) is 28.6 Å². The van der Waals surface area contributed by atoms with Crippen molar-refractivity contribution in [2.75, 3.05) is 18.8 Å². The standard InChI is InChI=1S/C21H23N5O3S2/c1-11(2)26-19-16(9-23-26)15(8-17(24-19)14-7-12(3)31-13(14)4)20(28)22-5-6-25-18(27)10-30-21(25)29/h7-9,11H,5-6,10H2,1-4H3,(H,22,28). The maximum atomic E-state index is 13.1. The largest absolute Gasteiger partial charge is 0.350 e. The molecule has 0 aliphatic carbocycles. The molecule has 0 aromatic carbocycles. The lowest BCUT2D eigenvalue weighted by atomic mass is 10.1. The van der Waals surface area contributed by atoms with Crippen LogP contribution in [0.25, 0.3) is 22.3 Å². The molecule has 10 heteroatoms. The Hall–Kier alpha value is -2.72. The number of imide groups is 1. The zero-order valence-corrected chi connectivity index (χ0v) is 19.4. The fourth-order valence-corrected chi connectivity index (χ4v) is 5.27. The Morgan fingerprint density at radius 1 is 1.26 bits per heavy atom. The zero-order chi connectivity index (χ0) is 22.3. The molecule has 8 nitrogen and oxygen atoms in total. The molecule has 3 aromatic rings. The third-order valence-corrected chi connectivity index (χ3v) is 6.90. The van der Waals surface area contributed by atoms with Gasteiger partial charge in [0, 0.05) is 34.4 Å². The Bertz CT molecular complexity index is 1180. The Labute approximate surface area is 188 Å². The molecule has 0 atom stereocenters. The van der Waals surface area contributed by atoms with Crippen LogP contribution in [0.4, 0.5) is 4.79 Å². The van der Waals surface area contributed by atoms with Crippen LogP contribution >= 0.6 is 23.1 Å². The highest BCUT2D eigenvalue weighted by Crippen LogP contribution is 2.32. The van der Waals surface area contributed by atoms with E-state index in [2.05, 4.69) is 16.5 Å². The molecule has 3 aromatic heterocycles. The molecule has 31 heavy (non-hydrogen) atoms. The van der Waals surface area contributed by atoms with Crippen LogP contribution in [0.2, 0.25) is 0 Å². The summed E-state index contributed by atoms with van der Waals surface area (Å²) in [5.74, 6) is -0.345. The first-order chi connectivity index (χ1) is 14.8. The van der Waals surface area contributed by atoms with Crippen LogP contribution in [0.5, 0.6) is 0 Å². The number of thioether (sulfide) groups is 1. The Kier molecular flexibility index (Phi) is 5.85. The van der Waals surface area contributed by atoms with Crippen molar-refractivity contribution in [1.82, 2.24) is 25.0 Å². The van der Waals surface area contributed by atoms with Crippen LogP contribution in [0.15, 0.2) is 18.3 Å². The van der Waals surface area contributed by atoms with Gasteiger partial charge in [0.1, 0.15) is 0 Å². The average Bonchev–Trinajstić information content (AvgIpc) is 3.39. The number of aryl methyl sites for hydroxylation is 2. The van der Waals surface area contributed by atoms with E-state index in [1.54, 1.807) is 23.6 Å². The Balaban J connectivity index is 1.67. The van der Waals surface area contributed by atoms with Gasteiger partial charge in [-0.25, -0.2) is 9.67 Å². The number of pyridine rings is 1. The van der Waals surface area contributed by atoms with E-state index in [1.807, 2.05) is 32.4 Å². The van der Waals surface area contributed by atoms with Gasteiger partial charge in [-0.15, -0.1) is 11.3 Å². The van der Waals surface area contributed by atoms with Crippen molar-refractivity contribution in [2.24, 2.45) is 0 Å². The molecule has 0 radical (unpaired) electrons. The maximum Gasteiger partial charge on any atom is 0.288 e. The number of carbonyl (C=O) groups is 3. The number of fused-ring (bicyclic) bond motifs is 1. The Morgan fingerprint density at radius 2 is 2.03 bits per heavy atom. The van der Waals surface area contributed by atoms with E-state index in [4.69, 9.17) is 4.98 Å². The molecular formula is C21H23N5O3S2. The minimum Gasteiger partial charge on any atom is -0.350 e. The molecular weight excluding hydrogens is 434 g/mol. The van der Waals surface area contributed by atoms with E-state index in [-0.39, 0.29) is 41.9 Å². The lowest BCUT2D eigenvalue weighted by Gasteiger charge is -2.14. The molecule has 162 valence electrons. The van der Waals surface area contributed by atoms with E-state index in [0.717, 1.165) is 27.9 Å². The van der Waals surface area contributed by atoms with E-state index < -0.39 is 0 Å². The third kappa shape index (κ3) is 4.09. The van der Waals surface area contributed by atoms with Gasteiger partial charge >= 0.3 is 0 Å². The van der Waals surface area contributed by atoms with E-state index in [1.165, 1.54) is 9.78 Å². The molecule has 0 bridgehead atoms. The molecule has 0 saturated carbocycles. The fraction of sp³-hybridized carbons (Fsp3) is 0.381. The minimum atomic E-state index is -0.284. The SMILES string of the molecule is Cc1cc(-c2cc(C(=O)NCCN3C(=O)CSC3=O)c3cnn(C(C)C)c3n2)c(C)s1. The second-order valence-corrected chi connectivity index (χ2v) is 10.0. The topological polar surface area (TPSA) is 97.2 Å². The van der Waals surface area contributed by atoms with Crippen LogP contribution in [-0.4, -0.2) is 55.6 Å². The van der Waals surface area contributed by atoms with Crippen molar-refractivity contribution >= 4 is 51.2 Å². The first-order valence-corrected chi connectivity index (χ1v) is 11.8. The zero-order valence-electron chi connectivity index (χ0n) is 17.8. The summed E-state index contributed by atoms with van der Waals surface area (Å²) < 4.78 is 1.81. The summed E-state index contributed by atoms with van der Waals surface area (Å²) in [6, 6.07) is 3.96. The molecule has 1 fully saturated rings. The second kappa shape index (κ2) is 8.43. The van der Waals surface area contributed by atoms with Gasteiger partial charge in [0.15, 0.2) is 5.65 Å². The first-order valence-electron chi connectivity index (χ1n) is 9.97. The van der Waals surface area contributed by atoms with Crippen LogP contribution in [-0.2, 0) is 4.79 Å². The summed E-state index contributed by atoms with van der Waals surface area (Å²) in [5.41, 5.74) is 2.86. The molecule has 4 rings (SSSR count). The summed E-state index contributed by atoms with van der Waals surface area (Å²) in [6.07, 6.45) is 1.66. The van der Waals surface area contributed by atoms with Crippen molar-refractivity contribution in [2.45, 2.75) is 33.7 Å². The van der Waals surface area contributed by atoms with Crippen molar-refractivity contribution in [3.8, 4) is 11.3 Å². The van der Waals surface area contributed by atoms with Crippen LogP contribution in [0.1, 0.15) is 40.0 Å². The number of amides is 3. The molecule has 0 unspecified atom stereocenters. The highest BCUT2D eigenvalue weighted by Gasteiger charge is 2.29. The summed E-state index contributed by atoms with van der Waals surface area (Å²) in [5, 5.41) is 7.68. The van der Waals surface area contributed by atoms with Gasteiger partial charge in [-0.1, -0.05) is 11.8 Å². The lowest BCUT2D eigenvalue weighted by Crippen LogP contribution is -2.37. The number of aromatic nitrogens is 3. The van der Waals surface area contributed by atoms with Gasteiger partial charge < -0.3 is 5.32 Å². The fourth-order valence-electron chi connectivity index (χ4n) is 3.58. The molecule has 4 heterocycles. The lowest BCUT2D eigenvalue weighted by molar-refractivity contribution is -0.124. The van der Waals surface area contributed by atoms with Gasteiger partial charge in [0.25, 0.3) is 11.1 Å². The molecule has 1 N–H and O–H groups in total. The van der Waals surface area contributed by atoms with Crippen molar-refractivity contribution in [3.63, 3.8) is 0 Å². The van der Waals surface area contributed by atoms with Crippen molar-refractivity contribution in [1.29, 1.82) is 0 Å². The maximum absolute atomic E-state index is 13.1. The number of thiophene rings is 1. The minimum absolute atomic E-state index is 0.0890. The van der Waals surface area contributed by atoms with Crippen molar-refractivity contribution < 1.29 is 14.4 Å². The van der Waals surface area contributed by atoms with Crippen LogP contribution in [0, 0.1) is 13.8 Å². The molecule has 1 aliphatic rings. The molecule has 3 amide bonds. The normalized spacial score (nSPS) is 14.3. The van der Waals surface area contributed by atoms with Gasteiger partial charge in [-0.3, -0.25) is 19.3 Å². The third-order valence-electron chi connectivity index (χ3n) is 5.08. The second-order valence-electron chi connectivity index (χ2n) is 7.66. The number of carbonyl (C=O) groups excluding carboxylic acids is 3. The predicted octanol–water partition coefficient (Wildman–Crippen LogP) is 3.78. The highest BCUT2D eigenvalue weighted by atomic mass is 32.2. The first kappa shape index (κ1) is 21.5. The number of rotatable bonds is 6. The van der Waals surface area contributed by atoms with Crippen molar-refractivity contribution in [3.05, 3.63) is 33.6 Å². The van der Waals surface area contributed by atoms with Gasteiger partial charge in [-0.05, 0) is 39.8 Å². The van der Waals surface area contributed by atoms with Gasteiger partial charge in [0.2, 0.25) is 5.91 Å². The number of hydrogen-bond acceptors (Lipinski definition) is 7.